The van der Waals surface area contributed by atoms with Gasteiger partial charge < -0.3 is 16.4 Å². The first-order valence-corrected chi connectivity index (χ1v) is 7.43. The molecule has 0 radical (unpaired) electrons. The normalized spacial score (nSPS) is 12.2. The highest BCUT2D eigenvalue weighted by Gasteiger charge is 2.18. The Morgan fingerprint density at radius 3 is 2.37 bits per heavy atom. The number of rotatable bonds is 10. The van der Waals surface area contributed by atoms with Gasteiger partial charge in [0.25, 0.3) is 0 Å². The maximum atomic E-state index is 11.8. The van der Waals surface area contributed by atoms with Crippen molar-refractivity contribution in [3.8, 4) is 0 Å². The van der Waals surface area contributed by atoms with E-state index < -0.39 is 11.9 Å². The van der Waals surface area contributed by atoms with Crippen LogP contribution < -0.4 is 16.4 Å². The molecule has 0 fully saturated rings. The fourth-order valence-corrected chi connectivity index (χ4v) is 2.37. The fraction of sp³-hybridized carbons (Fsp3) is 0.750. The van der Waals surface area contributed by atoms with Crippen LogP contribution in [-0.4, -0.2) is 48.2 Å². The highest BCUT2D eigenvalue weighted by Crippen LogP contribution is 2.07. The lowest BCUT2D eigenvalue weighted by Gasteiger charge is -2.16. The zero-order valence-electron chi connectivity index (χ0n) is 11.7. The van der Waals surface area contributed by atoms with Crippen molar-refractivity contribution in [1.82, 2.24) is 10.6 Å². The Labute approximate surface area is 118 Å². The zero-order valence-corrected chi connectivity index (χ0v) is 12.5. The zero-order chi connectivity index (χ0) is 14.8. The summed E-state index contributed by atoms with van der Waals surface area (Å²) < 4.78 is 0. The van der Waals surface area contributed by atoms with Gasteiger partial charge in [0.15, 0.2) is 0 Å². The summed E-state index contributed by atoms with van der Waals surface area (Å²) in [5.74, 6) is 0.197. The second-order valence-corrected chi connectivity index (χ2v) is 5.46. The van der Waals surface area contributed by atoms with E-state index in [-0.39, 0.29) is 24.2 Å². The molecule has 0 aromatic heterocycles. The van der Waals surface area contributed by atoms with E-state index in [4.69, 9.17) is 5.73 Å². The minimum absolute atomic E-state index is 0.00812. The van der Waals surface area contributed by atoms with E-state index in [9.17, 15) is 14.4 Å². The van der Waals surface area contributed by atoms with Gasteiger partial charge in [0, 0.05) is 11.7 Å². The molecule has 1 unspecified atom stereocenters. The molecule has 0 spiro atoms. The minimum Gasteiger partial charge on any atom is -0.368 e. The van der Waals surface area contributed by atoms with Crippen LogP contribution in [0.25, 0.3) is 0 Å². The summed E-state index contributed by atoms with van der Waals surface area (Å²) in [6, 6.07) is -0.422. The van der Waals surface area contributed by atoms with Gasteiger partial charge in [-0.05, 0) is 6.54 Å². The van der Waals surface area contributed by atoms with Gasteiger partial charge >= 0.3 is 0 Å². The SMILES string of the molecule is CCNC(CSCC(=O)C(C)C)C(=O)NCC(N)=O. The predicted octanol–water partition coefficient (Wildman–Crippen LogP) is -0.476. The first-order valence-electron chi connectivity index (χ1n) is 6.28. The van der Waals surface area contributed by atoms with Crippen LogP contribution in [0.5, 0.6) is 0 Å². The quantitative estimate of drug-likeness (QED) is 0.504. The Hall–Kier alpha value is -1.08. The van der Waals surface area contributed by atoms with Crippen molar-refractivity contribution >= 4 is 29.4 Å². The number of Topliss-reactive ketones (excluding diaryl/α,β-unsaturated/α-hetero) is 1. The molecule has 2 amide bonds. The third-order valence-electron chi connectivity index (χ3n) is 2.38. The number of nitrogens with one attached hydrogen (secondary N) is 2. The second kappa shape index (κ2) is 9.80. The smallest absolute Gasteiger partial charge is 0.238 e. The van der Waals surface area contributed by atoms with Crippen molar-refractivity contribution in [2.75, 3.05) is 24.6 Å². The van der Waals surface area contributed by atoms with Crippen LogP contribution in [0.3, 0.4) is 0 Å². The summed E-state index contributed by atoms with van der Waals surface area (Å²) in [5.41, 5.74) is 4.96. The van der Waals surface area contributed by atoms with Crippen molar-refractivity contribution in [1.29, 1.82) is 0 Å². The molecule has 0 heterocycles. The Bertz CT molecular complexity index is 321. The maximum Gasteiger partial charge on any atom is 0.238 e. The Balaban J connectivity index is 4.13. The molecule has 6 nitrogen and oxygen atoms in total. The lowest BCUT2D eigenvalue weighted by atomic mass is 10.1. The van der Waals surface area contributed by atoms with Crippen LogP contribution in [0.15, 0.2) is 0 Å². The molecule has 1 atom stereocenters. The number of carbonyl (C=O) groups excluding carboxylic acids is 3. The number of hydrogen-bond donors (Lipinski definition) is 3. The molecule has 0 aliphatic heterocycles. The third kappa shape index (κ3) is 8.61. The van der Waals surface area contributed by atoms with E-state index in [2.05, 4.69) is 10.6 Å². The van der Waals surface area contributed by atoms with E-state index in [0.717, 1.165) is 0 Å². The molecule has 0 saturated heterocycles. The van der Waals surface area contributed by atoms with Crippen molar-refractivity contribution in [2.24, 2.45) is 11.7 Å². The first-order chi connectivity index (χ1) is 8.88. The summed E-state index contributed by atoms with van der Waals surface area (Å²) in [5, 5.41) is 5.47. The predicted molar refractivity (Wildman–Crippen MR) is 76.8 cm³/mol. The van der Waals surface area contributed by atoms with Gasteiger partial charge in [-0.25, -0.2) is 0 Å². The minimum atomic E-state index is -0.578. The average molecular weight is 289 g/mol. The molecule has 0 aromatic carbocycles. The summed E-state index contributed by atoms with van der Waals surface area (Å²) in [6.07, 6.45) is 0. The van der Waals surface area contributed by atoms with Crippen LogP contribution in [0.2, 0.25) is 0 Å². The van der Waals surface area contributed by atoms with Crippen LogP contribution in [0.4, 0.5) is 0 Å². The van der Waals surface area contributed by atoms with E-state index in [1.165, 1.54) is 11.8 Å². The van der Waals surface area contributed by atoms with Gasteiger partial charge in [0.1, 0.15) is 5.78 Å². The standard InChI is InChI=1S/C12H23N3O3S/c1-4-14-9(12(18)15-5-11(13)17)6-19-7-10(16)8(2)3/h8-9,14H,4-7H2,1-3H3,(H2,13,17)(H,15,18). The van der Waals surface area contributed by atoms with Gasteiger partial charge in [-0.2, -0.15) is 11.8 Å². The second-order valence-electron chi connectivity index (χ2n) is 4.43. The molecule has 7 heteroatoms. The topological polar surface area (TPSA) is 101 Å². The van der Waals surface area contributed by atoms with Gasteiger partial charge in [0.05, 0.1) is 18.3 Å². The van der Waals surface area contributed by atoms with Gasteiger partial charge in [-0.15, -0.1) is 0 Å². The van der Waals surface area contributed by atoms with Crippen LogP contribution in [-0.2, 0) is 14.4 Å². The average Bonchev–Trinajstić information content (AvgIpc) is 2.34. The van der Waals surface area contributed by atoms with E-state index in [0.29, 0.717) is 18.1 Å². The molecule has 0 aromatic rings. The highest BCUT2D eigenvalue weighted by molar-refractivity contribution is 8.00. The summed E-state index contributed by atoms with van der Waals surface area (Å²) in [6.45, 7) is 6.05. The van der Waals surface area contributed by atoms with E-state index in [1.54, 1.807) is 0 Å². The number of primary amides is 1. The number of amides is 2. The van der Waals surface area contributed by atoms with E-state index in [1.807, 2.05) is 20.8 Å². The molecule has 110 valence electrons. The molecule has 0 aliphatic rings. The van der Waals surface area contributed by atoms with Crippen LogP contribution in [0, 0.1) is 5.92 Å². The van der Waals surface area contributed by atoms with Crippen molar-refractivity contribution in [3.05, 3.63) is 0 Å². The Kier molecular flexibility index (Phi) is 9.24. The molecule has 19 heavy (non-hydrogen) atoms. The maximum absolute atomic E-state index is 11.8. The molecule has 0 bridgehead atoms. The van der Waals surface area contributed by atoms with Crippen molar-refractivity contribution in [2.45, 2.75) is 26.8 Å². The van der Waals surface area contributed by atoms with E-state index >= 15 is 0 Å². The summed E-state index contributed by atoms with van der Waals surface area (Å²) in [7, 11) is 0. The molecular weight excluding hydrogens is 266 g/mol. The highest BCUT2D eigenvalue weighted by atomic mass is 32.2. The van der Waals surface area contributed by atoms with Gasteiger partial charge in [-0.1, -0.05) is 20.8 Å². The summed E-state index contributed by atoms with van der Waals surface area (Å²) in [4.78, 5) is 33.8. The number of nitrogens with two attached hydrogens (primary N) is 1. The van der Waals surface area contributed by atoms with Crippen LogP contribution >= 0.6 is 11.8 Å². The number of carbonyl (C=O) groups is 3. The molecule has 0 rings (SSSR count). The molecular formula is C12H23N3O3S. The number of likely N-dealkylation sites (N-methyl/N-ethyl adjacent to an activating group) is 1. The monoisotopic (exact) mass is 289 g/mol. The van der Waals surface area contributed by atoms with Crippen molar-refractivity contribution < 1.29 is 14.4 Å². The molecule has 0 saturated carbocycles. The van der Waals surface area contributed by atoms with Crippen molar-refractivity contribution in [3.63, 3.8) is 0 Å². The lowest BCUT2D eigenvalue weighted by Crippen LogP contribution is -2.48. The fourth-order valence-electron chi connectivity index (χ4n) is 1.22. The molecule has 4 N–H and O–H groups in total. The lowest BCUT2D eigenvalue weighted by molar-refractivity contribution is -0.125. The Morgan fingerprint density at radius 1 is 1.26 bits per heavy atom. The number of ketones is 1. The summed E-state index contributed by atoms with van der Waals surface area (Å²) >= 11 is 1.41. The van der Waals surface area contributed by atoms with Crippen LogP contribution in [0.1, 0.15) is 20.8 Å². The number of hydrogen-bond acceptors (Lipinski definition) is 5. The molecule has 0 aliphatic carbocycles. The number of thioether (sulfide) groups is 1. The van der Waals surface area contributed by atoms with Gasteiger partial charge in [0.2, 0.25) is 11.8 Å². The van der Waals surface area contributed by atoms with Gasteiger partial charge in [-0.3, -0.25) is 14.4 Å². The first kappa shape index (κ1) is 17.9. The largest absolute Gasteiger partial charge is 0.368 e. The third-order valence-corrected chi connectivity index (χ3v) is 3.43. The Morgan fingerprint density at radius 2 is 1.89 bits per heavy atom.